The number of aromatic nitrogens is 2. The lowest BCUT2D eigenvalue weighted by Crippen LogP contribution is -2.49. The molecule has 1 aromatic carbocycles. The first-order valence-electron chi connectivity index (χ1n) is 8.76. The van der Waals surface area contributed by atoms with Gasteiger partial charge in [-0.3, -0.25) is 9.69 Å². The largest absolute Gasteiger partial charge is 0.338 e. The van der Waals surface area contributed by atoms with Crippen LogP contribution in [0.3, 0.4) is 0 Å². The summed E-state index contributed by atoms with van der Waals surface area (Å²) in [4.78, 5) is 25.3. The van der Waals surface area contributed by atoms with Crippen molar-refractivity contribution in [3.63, 3.8) is 0 Å². The third-order valence-electron chi connectivity index (χ3n) is 4.43. The zero-order valence-corrected chi connectivity index (χ0v) is 14.9. The molecular formula is C19H25N5O. The summed E-state index contributed by atoms with van der Waals surface area (Å²) in [7, 11) is 0. The van der Waals surface area contributed by atoms with E-state index in [1.54, 1.807) is 12.4 Å². The number of anilines is 2. The average molecular weight is 339 g/mol. The van der Waals surface area contributed by atoms with Crippen LogP contribution in [0.5, 0.6) is 0 Å². The lowest BCUT2D eigenvalue weighted by molar-refractivity contribution is -0.117. The molecule has 2 aromatic rings. The highest BCUT2D eigenvalue weighted by Crippen LogP contribution is 2.23. The van der Waals surface area contributed by atoms with Gasteiger partial charge in [0, 0.05) is 44.3 Å². The summed E-state index contributed by atoms with van der Waals surface area (Å²) < 4.78 is 0. The SMILES string of the molecule is CC(C)c1ccccc1NC(=O)CN1CCN(c2ncccn2)CC1. The van der Waals surface area contributed by atoms with Crippen LogP contribution < -0.4 is 10.2 Å². The number of nitrogens with zero attached hydrogens (tertiary/aromatic N) is 4. The minimum atomic E-state index is 0.0394. The number of hydrogen-bond donors (Lipinski definition) is 1. The third kappa shape index (κ3) is 4.54. The highest BCUT2D eigenvalue weighted by atomic mass is 16.2. The van der Waals surface area contributed by atoms with Crippen LogP contribution in [0.4, 0.5) is 11.6 Å². The Balaban J connectivity index is 1.52. The molecule has 1 aromatic heterocycles. The van der Waals surface area contributed by atoms with Gasteiger partial charge in [-0.15, -0.1) is 0 Å². The van der Waals surface area contributed by atoms with Crippen LogP contribution in [0.15, 0.2) is 42.7 Å². The van der Waals surface area contributed by atoms with Gasteiger partial charge in [-0.1, -0.05) is 32.0 Å². The van der Waals surface area contributed by atoms with Gasteiger partial charge < -0.3 is 10.2 Å². The Kier molecular flexibility index (Phi) is 5.60. The normalized spacial score (nSPS) is 15.4. The molecule has 2 heterocycles. The summed E-state index contributed by atoms with van der Waals surface area (Å²) in [5, 5.41) is 3.06. The molecule has 1 aliphatic rings. The Morgan fingerprint density at radius 1 is 1.08 bits per heavy atom. The number of carbonyl (C=O) groups excluding carboxylic acids is 1. The minimum absolute atomic E-state index is 0.0394. The zero-order chi connectivity index (χ0) is 17.6. The standard InChI is InChI=1S/C19H25N5O/c1-15(2)16-6-3-4-7-17(16)22-18(25)14-23-10-12-24(13-11-23)19-20-8-5-9-21-19/h3-9,15H,10-14H2,1-2H3,(H,22,25). The van der Waals surface area contributed by atoms with E-state index in [0.717, 1.165) is 37.8 Å². The Bertz CT molecular complexity index is 696. The number of nitrogens with one attached hydrogen (secondary N) is 1. The molecule has 3 rings (SSSR count). The fourth-order valence-electron chi connectivity index (χ4n) is 3.07. The van der Waals surface area contributed by atoms with Crippen molar-refractivity contribution < 1.29 is 4.79 Å². The second-order valence-electron chi connectivity index (χ2n) is 6.60. The predicted octanol–water partition coefficient (Wildman–Crippen LogP) is 2.36. The van der Waals surface area contributed by atoms with Crippen molar-refractivity contribution in [2.24, 2.45) is 0 Å². The molecule has 0 bridgehead atoms. The first kappa shape index (κ1) is 17.4. The summed E-state index contributed by atoms with van der Waals surface area (Å²) in [6.07, 6.45) is 3.52. The Labute approximate surface area is 148 Å². The molecule has 132 valence electrons. The van der Waals surface area contributed by atoms with Gasteiger partial charge in [-0.25, -0.2) is 9.97 Å². The van der Waals surface area contributed by atoms with Crippen LogP contribution in [-0.4, -0.2) is 53.5 Å². The molecule has 0 aliphatic carbocycles. The van der Waals surface area contributed by atoms with Crippen LogP contribution in [-0.2, 0) is 4.79 Å². The van der Waals surface area contributed by atoms with E-state index in [-0.39, 0.29) is 5.91 Å². The summed E-state index contributed by atoms with van der Waals surface area (Å²) >= 11 is 0. The smallest absolute Gasteiger partial charge is 0.238 e. The molecule has 0 spiro atoms. The van der Waals surface area contributed by atoms with Crippen LogP contribution >= 0.6 is 0 Å². The highest BCUT2D eigenvalue weighted by molar-refractivity contribution is 5.93. The zero-order valence-electron chi connectivity index (χ0n) is 14.9. The lowest BCUT2D eigenvalue weighted by atomic mass is 10.0. The van der Waals surface area contributed by atoms with E-state index in [4.69, 9.17) is 0 Å². The number of carbonyl (C=O) groups is 1. The highest BCUT2D eigenvalue weighted by Gasteiger charge is 2.20. The van der Waals surface area contributed by atoms with E-state index in [9.17, 15) is 4.79 Å². The van der Waals surface area contributed by atoms with E-state index in [1.807, 2.05) is 24.3 Å². The fourth-order valence-corrected chi connectivity index (χ4v) is 3.07. The molecule has 0 atom stereocenters. The van der Waals surface area contributed by atoms with Crippen LogP contribution in [0.1, 0.15) is 25.3 Å². The lowest BCUT2D eigenvalue weighted by Gasteiger charge is -2.34. The molecule has 1 saturated heterocycles. The van der Waals surface area contributed by atoms with E-state index in [0.29, 0.717) is 12.5 Å². The summed E-state index contributed by atoms with van der Waals surface area (Å²) in [5.41, 5.74) is 2.08. The van der Waals surface area contributed by atoms with E-state index in [2.05, 4.69) is 45.0 Å². The van der Waals surface area contributed by atoms with Gasteiger partial charge in [-0.05, 0) is 23.6 Å². The number of amides is 1. The summed E-state index contributed by atoms with van der Waals surface area (Å²) in [5.74, 6) is 1.18. The molecule has 1 amide bonds. The number of hydrogen-bond acceptors (Lipinski definition) is 5. The van der Waals surface area contributed by atoms with Crippen LogP contribution in [0.2, 0.25) is 0 Å². The third-order valence-corrected chi connectivity index (χ3v) is 4.43. The van der Waals surface area contributed by atoms with Crippen molar-refractivity contribution >= 4 is 17.5 Å². The van der Waals surface area contributed by atoms with Crippen molar-refractivity contribution in [2.45, 2.75) is 19.8 Å². The molecular weight excluding hydrogens is 314 g/mol. The number of para-hydroxylation sites is 1. The van der Waals surface area contributed by atoms with Gasteiger partial charge in [0.25, 0.3) is 0 Å². The van der Waals surface area contributed by atoms with Crippen LogP contribution in [0, 0.1) is 0 Å². The van der Waals surface area contributed by atoms with Crippen molar-refractivity contribution in [1.29, 1.82) is 0 Å². The van der Waals surface area contributed by atoms with E-state index >= 15 is 0 Å². The number of piperazine rings is 1. The predicted molar refractivity (Wildman–Crippen MR) is 99.8 cm³/mol. The molecule has 0 unspecified atom stereocenters. The maximum absolute atomic E-state index is 12.4. The van der Waals surface area contributed by atoms with Crippen LogP contribution in [0.25, 0.3) is 0 Å². The molecule has 25 heavy (non-hydrogen) atoms. The average Bonchev–Trinajstić information content (AvgIpc) is 2.63. The van der Waals surface area contributed by atoms with Gasteiger partial charge in [0.1, 0.15) is 0 Å². The Hall–Kier alpha value is -2.47. The van der Waals surface area contributed by atoms with Gasteiger partial charge in [0.15, 0.2) is 0 Å². The molecule has 0 saturated carbocycles. The topological polar surface area (TPSA) is 61.4 Å². The van der Waals surface area contributed by atoms with Crippen molar-refractivity contribution in [1.82, 2.24) is 14.9 Å². The van der Waals surface area contributed by atoms with Gasteiger partial charge >= 0.3 is 0 Å². The summed E-state index contributed by atoms with van der Waals surface area (Å²) in [6, 6.07) is 9.83. The van der Waals surface area contributed by atoms with Gasteiger partial charge in [0.2, 0.25) is 11.9 Å². The van der Waals surface area contributed by atoms with Crippen molar-refractivity contribution in [2.75, 3.05) is 42.9 Å². The molecule has 1 fully saturated rings. The second-order valence-corrected chi connectivity index (χ2v) is 6.60. The Morgan fingerprint density at radius 3 is 2.44 bits per heavy atom. The molecule has 1 N–H and O–H groups in total. The van der Waals surface area contributed by atoms with Gasteiger partial charge in [-0.2, -0.15) is 0 Å². The van der Waals surface area contributed by atoms with E-state index < -0.39 is 0 Å². The quantitative estimate of drug-likeness (QED) is 0.906. The maximum Gasteiger partial charge on any atom is 0.238 e. The van der Waals surface area contributed by atoms with E-state index in [1.165, 1.54) is 5.56 Å². The number of benzene rings is 1. The molecule has 1 aliphatic heterocycles. The van der Waals surface area contributed by atoms with Crippen molar-refractivity contribution in [3.8, 4) is 0 Å². The fraction of sp³-hybridized carbons (Fsp3) is 0.421. The first-order valence-corrected chi connectivity index (χ1v) is 8.76. The minimum Gasteiger partial charge on any atom is -0.338 e. The van der Waals surface area contributed by atoms with Crippen molar-refractivity contribution in [3.05, 3.63) is 48.3 Å². The van der Waals surface area contributed by atoms with Gasteiger partial charge in [0.05, 0.1) is 6.54 Å². The molecule has 6 nitrogen and oxygen atoms in total. The molecule has 6 heteroatoms. The second kappa shape index (κ2) is 8.07. The monoisotopic (exact) mass is 339 g/mol. The first-order chi connectivity index (χ1) is 12.1. The maximum atomic E-state index is 12.4. The number of rotatable bonds is 5. The Morgan fingerprint density at radius 2 is 1.76 bits per heavy atom. The summed E-state index contributed by atoms with van der Waals surface area (Å²) in [6.45, 7) is 8.01. The molecule has 0 radical (unpaired) electrons.